The van der Waals surface area contributed by atoms with Crippen LogP contribution >= 0.6 is 0 Å². The van der Waals surface area contributed by atoms with E-state index in [1.807, 2.05) is 0 Å². The Morgan fingerprint density at radius 2 is 1.84 bits per heavy atom. The van der Waals surface area contributed by atoms with Gasteiger partial charge in [0, 0.05) is 19.8 Å². The topological polar surface area (TPSA) is 32.7 Å². The van der Waals surface area contributed by atoms with E-state index in [1.54, 1.807) is 7.11 Å². The van der Waals surface area contributed by atoms with Gasteiger partial charge in [0.05, 0.1) is 6.10 Å². The molecule has 0 amide bonds. The number of methoxy groups -OCH3 is 1. The van der Waals surface area contributed by atoms with E-state index in [4.69, 9.17) is 4.74 Å². The fourth-order valence-electron chi connectivity index (χ4n) is 3.85. The summed E-state index contributed by atoms with van der Waals surface area (Å²) in [4.78, 5) is 2.55. The molecule has 1 saturated heterocycles. The molecule has 2 fully saturated rings. The minimum atomic E-state index is -0.103. The highest BCUT2D eigenvalue weighted by Crippen LogP contribution is 2.34. The number of piperidine rings is 1. The van der Waals surface area contributed by atoms with Crippen LogP contribution in [0.5, 0.6) is 0 Å². The molecule has 1 heterocycles. The van der Waals surface area contributed by atoms with E-state index in [2.05, 4.69) is 18.7 Å². The highest BCUT2D eigenvalue weighted by molar-refractivity contribution is 4.89. The molecule has 1 N–H and O–H groups in total. The van der Waals surface area contributed by atoms with Gasteiger partial charge in [-0.25, -0.2) is 0 Å². The summed E-state index contributed by atoms with van der Waals surface area (Å²) in [5.74, 6) is 2.27. The Balaban J connectivity index is 1.86. The second kappa shape index (κ2) is 7.05. The smallest absolute Gasteiger partial charge is 0.0695 e. The number of rotatable bonds is 4. The first kappa shape index (κ1) is 15.3. The average molecular weight is 269 g/mol. The number of aliphatic hydroxyl groups excluding tert-OH is 1. The van der Waals surface area contributed by atoms with E-state index in [1.165, 1.54) is 25.7 Å². The van der Waals surface area contributed by atoms with Gasteiger partial charge in [-0.15, -0.1) is 0 Å². The zero-order valence-corrected chi connectivity index (χ0v) is 12.8. The predicted octanol–water partition coefficient (Wildman–Crippen LogP) is 2.53. The van der Waals surface area contributed by atoms with Crippen molar-refractivity contribution in [1.29, 1.82) is 0 Å². The molecule has 3 atom stereocenters. The third-order valence-electron chi connectivity index (χ3n) is 5.28. The molecule has 0 radical (unpaired) electrons. The van der Waals surface area contributed by atoms with E-state index in [0.29, 0.717) is 6.04 Å². The highest BCUT2D eigenvalue weighted by Gasteiger charge is 2.35. The van der Waals surface area contributed by atoms with E-state index >= 15 is 0 Å². The Labute approximate surface area is 118 Å². The quantitative estimate of drug-likeness (QED) is 0.851. The van der Waals surface area contributed by atoms with Crippen LogP contribution in [0.25, 0.3) is 0 Å². The lowest BCUT2D eigenvalue weighted by molar-refractivity contribution is -0.0224. The highest BCUT2D eigenvalue weighted by atomic mass is 16.5. The van der Waals surface area contributed by atoms with Gasteiger partial charge >= 0.3 is 0 Å². The minimum absolute atomic E-state index is 0.103. The number of hydrogen-bond donors (Lipinski definition) is 1. The number of aliphatic hydroxyl groups is 1. The number of ether oxygens (including phenoxy) is 1. The Morgan fingerprint density at radius 1 is 1.16 bits per heavy atom. The van der Waals surface area contributed by atoms with Crippen molar-refractivity contribution in [2.45, 2.75) is 58.1 Å². The maximum absolute atomic E-state index is 10.3. The Kier molecular flexibility index (Phi) is 5.67. The summed E-state index contributed by atoms with van der Waals surface area (Å²) in [7, 11) is 1.80. The zero-order valence-electron chi connectivity index (χ0n) is 12.8. The summed E-state index contributed by atoms with van der Waals surface area (Å²) in [6.45, 7) is 7.82. The molecule has 1 saturated carbocycles. The fraction of sp³-hybridized carbons (Fsp3) is 1.00. The van der Waals surface area contributed by atoms with Crippen LogP contribution in [0.15, 0.2) is 0 Å². The second-order valence-electron chi connectivity index (χ2n) is 6.89. The summed E-state index contributed by atoms with van der Waals surface area (Å²) < 4.78 is 5.26. The van der Waals surface area contributed by atoms with Crippen LogP contribution in [0.4, 0.5) is 0 Å². The molecule has 2 aliphatic rings. The zero-order chi connectivity index (χ0) is 13.8. The van der Waals surface area contributed by atoms with Gasteiger partial charge in [0.15, 0.2) is 0 Å². The summed E-state index contributed by atoms with van der Waals surface area (Å²) in [6, 6.07) is 0.407. The van der Waals surface area contributed by atoms with E-state index in [0.717, 1.165) is 43.9 Å². The Bertz CT molecular complexity index is 261. The molecule has 0 spiro atoms. The van der Waals surface area contributed by atoms with Crippen LogP contribution < -0.4 is 0 Å². The van der Waals surface area contributed by atoms with Crippen molar-refractivity contribution in [2.75, 3.05) is 26.8 Å². The van der Waals surface area contributed by atoms with Crippen molar-refractivity contribution >= 4 is 0 Å². The van der Waals surface area contributed by atoms with Gasteiger partial charge in [0.1, 0.15) is 0 Å². The molecule has 3 unspecified atom stereocenters. The van der Waals surface area contributed by atoms with Crippen LogP contribution in [0.3, 0.4) is 0 Å². The third kappa shape index (κ3) is 3.93. The monoisotopic (exact) mass is 269 g/mol. The summed E-state index contributed by atoms with van der Waals surface area (Å²) in [5.41, 5.74) is 0. The molecule has 0 aromatic carbocycles. The van der Waals surface area contributed by atoms with Crippen molar-refractivity contribution in [3.05, 3.63) is 0 Å². The first-order chi connectivity index (χ1) is 9.11. The molecule has 1 aliphatic carbocycles. The van der Waals surface area contributed by atoms with Gasteiger partial charge in [0.25, 0.3) is 0 Å². The standard InChI is InChI=1S/C16H31NO2/c1-12(2)14-4-5-16(18)15(10-14)17-8-6-13(7-9-17)11-19-3/h12-16,18H,4-11H2,1-3H3. The second-order valence-corrected chi connectivity index (χ2v) is 6.89. The summed E-state index contributed by atoms with van der Waals surface area (Å²) in [6.07, 6.45) is 5.73. The molecule has 2 rings (SSSR count). The normalized spacial score (nSPS) is 34.9. The van der Waals surface area contributed by atoms with Crippen LogP contribution in [0, 0.1) is 17.8 Å². The molecule has 0 aromatic rings. The lowest BCUT2D eigenvalue weighted by Crippen LogP contribution is -2.51. The lowest BCUT2D eigenvalue weighted by Gasteiger charge is -2.44. The van der Waals surface area contributed by atoms with Crippen molar-refractivity contribution in [3.8, 4) is 0 Å². The molecule has 19 heavy (non-hydrogen) atoms. The minimum Gasteiger partial charge on any atom is -0.391 e. The maximum atomic E-state index is 10.3. The molecular weight excluding hydrogens is 238 g/mol. The number of hydrogen-bond acceptors (Lipinski definition) is 3. The van der Waals surface area contributed by atoms with Crippen molar-refractivity contribution in [1.82, 2.24) is 4.90 Å². The fourth-order valence-corrected chi connectivity index (χ4v) is 3.85. The van der Waals surface area contributed by atoms with Gasteiger partial charge in [-0.2, -0.15) is 0 Å². The predicted molar refractivity (Wildman–Crippen MR) is 78.1 cm³/mol. The molecule has 3 nitrogen and oxygen atoms in total. The van der Waals surface area contributed by atoms with Gasteiger partial charge in [-0.3, -0.25) is 4.90 Å². The number of likely N-dealkylation sites (tertiary alicyclic amines) is 1. The number of nitrogens with zero attached hydrogens (tertiary/aromatic N) is 1. The Hall–Kier alpha value is -0.120. The molecular formula is C16H31NO2. The van der Waals surface area contributed by atoms with Gasteiger partial charge in [0.2, 0.25) is 0 Å². The lowest BCUT2D eigenvalue weighted by atomic mass is 9.77. The van der Waals surface area contributed by atoms with E-state index in [-0.39, 0.29) is 6.10 Å². The van der Waals surface area contributed by atoms with Crippen molar-refractivity contribution in [2.24, 2.45) is 17.8 Å². The van der Waals surface area contributed by atoms with Crippen LogP contribution in [0.2, 0.25) is 0 Å². The molecule has 3 heteroatoms. The van der Waals surface area contributed by atoms with E-state index in [9.17, 15) is 5.11 Å². The third-order valence-corrected chi connectivity index (χ3v) is 5.28. The first-order valence-corrected chi connectivity index (χ1v) is 8.02. The van der Waals surface area contributed by atoms with Crippen LogP contribution in [0.1, 0.15) is 46.0 Å². The molecule has 0 bridgehead atoms. The van der Waals surface area contributed by atoms with Gasteiger partial charge < -0.3 is 9.84 Å². The molecule has 0 aromatic heterocycles. The van der Waals surface area contributed by atoms with Crippen LogP contribution in [-0.4, -0.2) is 49.0 Å². The molecule has 112 valence electrons. The van der Waals surface area contributed by atoms with E-state index < -0.39 is 0 Å². The first-order valence-electron chi connectivity index (χ1n) is 8.02. The molecule has 1 aliphatic heterocycles. The van der Waals surface area contributed by atoms with Gasteiger partial charge in [-0.05, 0) is 62.9 Å². The summed E-state index contributed by atoms with van der Waals surface area (Å²) in [5, 5.41) is 10.3. The van der Waals surface area contributed by atoms with Gasteiger partial charge in [-0.1, -0.05) is 13.8 Å². The van der Waals surface area contributed by atoms with Crippen molar-refractivity contribution < 1.29 is 9.84 Å². The summed E-state index contributed by atoms with van der Waals surface area (Å²) >= 11 is 0. The SMILES string of the molecule is COCC1CCN(C2CC(C(C)C)CCC2O)CC1. The van der Waals surface area contributed by atoms with Crippen LogP contribution in [-0.2, 0) is 4.74 Å². The van der Waals surface area contributed by atoms with Crippen molar-refractivity contribution in [3.63, 3.8) is 0 Å². The average Bonchev–Trinajstić information content (AvgIpc) is 2.40. The maximum Gasteiger partial charge on any atom is 0.0695 e. The Morgan fingerprint density at radius 3 is 2.42 bits per heavy atom. The largest absolute Gasteiger partial charge is 0.391 e.